The Balaban J connectivity index is 1.91. The van der Waals surface area contributed by atoms with Gasteiger partial charge < -0.3 is 15.0 Å². The normalized spacial score (nSPS) is 12.7. The standard InChI is InChI=1S/C22H28N2O3/c1-5-17(18-10-7-6-8-11-18)15-23-21(25)16(2)27-22(26)19-12-9-13-20(14-19)24(3)4/h6-14,16-17H,5,15H2,1-4H3,(H,23,25)/t16-,17+/m0/s1. The van der Waals surface area contributed by atoms with E-state index in [9.17, 15) is 9.59 Å². The molecule has 1 N–H and O–H groups in total. The largest absolute Gasteiger partial charge is 0.449 e. The Kier molecular flexibility index (Phi) is 7.41. The van der Waals surface area contributed by atoms with Crippen LogP contribution in [0, 0.1) is 0 Å². The second kappa shape index (κ2) is 9.76. The predicted molar refractivity (Wildman–Crippen MR) is 108 cm³/mol. The highest BCUT2D eigenvalue weighted by Crippen LogP contribution is 2.18. The van der Waals surface area contributed by atoms with Gasteiger partial charge in [-0.15, -0.1) is 0 Å². The minimum absolute atomic E-state index is 0.231. The zero-order chi connectivity index (χ0) is 19.8. The van der Waals surface area contributed by atoms with Crippen LogP contribution in [0.4, 0.5) is 5.69 Å². The van der Waals surface area contributed by atoms with Crippen LogP contribution in [-0.2, 0) is 9.53 Å². The van der Waals surface area contributed by atoms with Gasteiger partial charge in [-0.25, -0.2) is 4.79 Å². The van der Waals surface area contributed by atoms with E-state index in [0.29, 0.717) is 12.1 Å². The third-order valence-electron chi connectivity index (χ3n) is 4.54. The van der Waals surface area contributed by atoms with E-state index in [4.69, 9.17) is 4.74 Å². The molecule has 5 nitrogen and oxygen atoms in total. The lowest BCUT2D eigenvalue weighted by Gasteiger charge is -2.19. The lowest BCUT2D eigenvalue weighted by molar-refractivity contribution is -0.129. The van der Waals surface area contributed by atoms with Crippen LogP contribution >= 0.6 is 0 Å². The summed E-state index contributed by atoms with van der Waals surface area (Å²) in [5.74, 6) is -0.562. The van der Waals surface area contributed by atoms with Crippen molar-refractivity contribution in [2.45, 2.75) is 32.3 Å². The van der Waals surface area contributed by atoms with Crippen LogP contribution in [0.15, 0.2) is 54.6 Å². The predicted octanol–water partition coefficient (Wildman–Crippen LogP) is 3.61. The lowest BCUT2D eigenvalue weighted by atomic mass is 9.96. The number of anilines is 1. The van der Waals surface area contributed by atoms with Crippen LogP contribution in [0.3, 0.4) is 0 Å². The summed E-state index contributed by atoms with van der Waals surface area (Å²) in [7, 11) is 3.80. The zero-order valence-electron chi connectivity index (χ0n) is 16.4. The molecule has 0 heterocycles. The zero-order valence-corrected chi connectivity index (χ0v) is 16.4. The first kappa shape index (κ1) is 20.5. The minimum atomic E-state index is -0.853. The molecule has 0 saturated carbocycles. The van der Waals surface area contributed by atoms with Crippen molar-refractivity contribution in [2.75, 3.05) is 25.5 Å². The number of carbonyl (C=O) groups is 2. The van der Waals surface area contributed by atoms with Crippen LogP contribution < -0.4 is 10.2 Å². The van der Waals surface area contributed by atoms with Crippen molar-refractivity contribution in [3.63, 3.8) is 0 Å². The van der Waals surface area contributed by atoms with Gasteiger partial charge in [0.05, 0.1) is 5.56 Å². The maximum absolute atomic E-state index is 12.3. The summed E-state index contributed by atoms with van der Waals surface area (Å²) in [6, 6.07) is 17.2. The molecule has 0 spiro atoms. The number of amides is 1. The highest BCUT2D eigenvalue weighted by Gasteiger charge is 2.20. The van der Waals surface area contributed by atoms with Gasteiger partial charge in [0.2, 0.25) is 0 Å². The van der Waals surface area contributed by atoms with Gasteiger partial charge in [-0.1, -0.05) is 43.3 Å². The summed E-state index contributed by atoms with van der Waals surface area (Å²) in [5, 5.41) is 2.89. The van der Waals surface area contributed by atoms with E-state index in [0.717, 1.165) is 12.1 Å². The number of hydrogen-bond acceptors (Lipinski definition) is 4. The maximum atomic E-state index is 12.3. The second-order valence-corrected chi connectivity index (χ2v) is 6.75. The van der Waals surface area contributed by atoms with Gasteiger partial charge in [0, 0.05) is 32.2 Å². The van der Waals surface area contributed by atoms with Gasteiger partial charge in [0.1, 0.15) is 0 Å². The molecule has 0 fully saturated rings. The molecular formula is C22H28N2O3. The van der Waals surface area contributed by atoms with Crippen LogP contribution in [0.2, 0.25) is 0 Å². The Labute approximate surface area is 161 Å². The average Bonchev–Trinajstić information content (AvgIpc) is 2.69. The van der Waals surface area contributed by atoms with E-state index in [1.807, 2.05) is 43.3 Å². The van der Waals surface area contributed by atoms with Crippen molar-refractivity contribution in [1.82, 2.24) is 5.32 Å². The van der Waals surface area contributed by atoms with Crippen molar-refractivity contribution in [3.8, 4) is 0 Å². The molecule has 0 aliphatic heterocycles. The second-order valence-electron chi connectivity index (χ2n) is 6.75. The van der Waals surface area contributed by atoms with E-state index in [2.05, 4.69) is 24.4 Å². The van der Waals surface area contributed by atoms with Gasteiger partial charge in [-0.2, -0.15) is 0 Å². The summed E-state index contributed by atoms with van der Waals surface area (Å²) in [4.78, 5) is 26.6. The molecule has 2 atom stereocenters. The number of hydrogen-bond donors (Lipinski definition) is 1. The quantitative estimate of drug-likeness (QED) is 0.723. The fraction of sp³-hybridized carbons (Fsp3) is 0.364. The van der Waals surface area contributed by atoms with Crippen LogP contribution in [-0.4, -0.2) is 38.6 Å². The molecule has 0 unspecified atom stereocenters. The third kappa shape index (κ3) is 5.84. The number of nitrogens with one attached hydrogen (secondary N) is 1. The number of rotatable bonds is 8. The smallest absolute Gasteiger partial charge is 0.338 e. The van der Waals surface area contributed by atoms with Crippen molar-refractivity contribution < 1.29 is 14.3 Å². The van der Waals surface area contributed by atoms with Crippen LogP contribution in [0.5, 0.6) is 0 Å². The highest BCUT2D eigenvalue weighted by molar-refractivity contribution is 5.93. The fourth-order valence-corrected chi connectivity index (χ4v) is 2.78. The Morgan fingerprint density at radius 2 is 1.78 bits per heavy atom. The number of nitrogens with zero attached hydrogens (tertiary/aromatic N) is 1. The molecule has 0 radical (unpaired) electrons. The van der Waals surface area contributed by atoms with Crippen LogP contribution in [0.25, 0.3) is 0 Å². The third-order valence-corrected chi connectivity index (χ3v) is 4.54. The maximum Gasteiger partial charge on any atom is 0.338 e. The van der Waals surface area contributed by atoms with Gasteiger partial charge >= 0.3 is 5.97 Å². The molecule has 0 bridgehead atoms. The molecule has 0 aliphatic carbocycles. The Bertz CT molecular complexity index is 759. The fourth-order valence-electron chi connectivity index (χ4n) is 2.78. The summed E-state index contributed by atoms with van der Waals surface area (Å²) in [6.45, 7) is 4.19. The Morgan fingerprint density at radius 1 is 1.07 bits per heavy atom. The summed E-state index contributed by atoms with van der Waals surface area (Å²) in [5.41, 5.74) is 2.51. The monoisotopic (exact) mass is 368 g/mol. The molecular weight excluding hydrogens is 340 g/mol. The van der Waals surface area contributed by atoms with Gasteiger partial charge in [0.15, 0.2) is 6.10 Å². The summed E-state index contributed by atoms with van der Waals surface area (Å²) >= 11 is 0. The molecule has 5 heteroatoms. The van der Waals surface area contributed by atoms with E-state index in [1.165, 1.54) is 5.56 Å². The molecule has 2 aromatic carbocycles. The van der Waals surface area contributed by atoms with E-state index in [-0.39, 0.29) is 11.8 Å². The van der Waals surface area contributed by atoms with Gasteiger partial charge in [0.25, 0.3) is 5.91 Å². The first-order valence-corrected chi connectivity index (χ1v) is 9.23. The number of ether oxygens (including phenoxy) is 1. The lowest BCUT2D eigenvalue weighted by Crippen LogP contribution is -2.38. The molecule has 2 rings (SSSR count). The van der Waals surface area contributed by atoms with E-state index < -0.39 is 12.1 Å². The van der Waals surface area contributed by atoms with E-state index in [1.54, 1.807) is 25.1 Å². The number of carbonyl (C=O) groups excluding carboxylic acids is 2. The molecule has 0 saturated heterocycles. The van der Waals surface area contributed by atoms with Crippen molar-refractivity contribution in [1.29, 1.82) is 0 Å². The minimum Gasteiger partial charge on any atom is -0.449 e. The molecule has 0 aromatic heterocycles. The number of esters is 1. The van der Waals surface area contributed by atoms with Crippen LogP contribution in [0.1, 0.15) is 42.1 Å². The summed E-state index contributed by atoms with van der Waals surface area (Å²) in [6.07, 6.45) is 0.0595. The average molecular weight is 368 g/mol. The molecule has 27 heavy (non-hydrogen) atoms. The SMILES string of the molecule is CC[C@H](CNC(=O)[C@H](C)OC(=O)c1cccc(N(C)C)c1)c1ccccc1. The van der Waals surface area contributed by atoms with Crippen molar-refractivity contribution in [2.24, 2.45) is 0 Å². The first-order valence-electron chi connectivity index (χ1n) is 9.23. The van der Waals surface area contributed by atoms with E-state index >= 15 is 0 Å². The molecule has 0 aliphatic rings. The molecule has 2 aromatic rings. The Hall–Kier alpha value is -2.82. The molecule has 144 valence electrons. The number of benzene rings is 2. The summed E-state index contributed by atoms with van der Waals surface area (Å²) < 4.78 is 5.34. The first-order chi connectivity index (χ1) is 12.9. The van der Waals surface area contributed by atoms with Crippen molar-refractivity contribution >= 4 is 17.6 Å². The topological polar surface area (TPSA) is 58.6 Å². The van der Waals surface area contributed by atoms with Crippen molar-refractivity contribution in [3.05, 3.63) is 65.7 Å². The highest BCUT2D eigenvalue weighted by atomic mass is 16.5. The molecule has 1 amide bonds. The Morgan fingerprint density at radius 3 is 2.41 bits per heavy atom. The van der Waals surface area contributed by atoms with Gasteiger partial charge in [-0.3, -0.25) is 4.79 Å². The van der Waals surface area contributed by atoms with Gasteiger partial charge in [-0.05, 0) is 37.1 Å².